The quantitative estimate of drug-likeness (QED) is 0.518. The largest absolute Gasteiger partial charge is 0.460 e. The van der Waals surface area contributed by atoms with Crippen LogP contribution in [0.25, 0.3) is 0 Å². The van der Waals surface area contributed by atoms with Crippen molar-refractivity contribution in [1.82, 2.24) is 0 Å². The molecule has 0 radical (unpaired) electrons. The van der Waals surface area contributed by atoms with Gasteiger partial charge in [0.15, 0.2) is 0 Å². The number of allylic oxidation sites excluding steroid dienone is 2. The van der Waals surface area contributed by atoms with E-state index in [9.17, 15) is 39.5 Å². The summed E-state index contributed by atoms with van der Waals surface area (Å²) in [6.07, 6.45) is -8.69. The van der Waals surface area contributed by atoms with Gasteiger partial charge in [0.1, 0.15) is 6.10 Å². The summed E-state index contributed by atoms with van der Waals surface area (Å²) in [6.45, 7) is 2.72. The van der Waals surface area contributed by atoms with Crippen LogP contribution in [0.15, 0.2) is 11.6 Å². The second-order valence-corrected chi connectivity index (χ2v) is 4.99. The van der Waals surface area contributed by atoms with Gasteiger partial charge in [-0.05, 0) is 19.8 Å². The van der Waals surface area contributed by atoms with Crippen molar-refractivity contribution in [2.45, 2.75) is 63.2 Å². The minimum atomic E-state index is -6.94. The van der Waals surface area contributed by atoms with Gasteiger partial charge in [0.2, 0.25) is 0 Å². The monoisotopic (exact) mass is 370 g/mol. The molecule has 0 rings (SSSR count). The molecule has 0 aliphatic heterocycles. The molecule has 24 heavy (non-hydrogen) atoms. The lowest BCUT2D eigenvalue weighted by Gasteiger charge is -2.32. The van der Waals surface area contributed by atoms with E-state index in [-0.39, 0.29) is 12.8 Å². The molecule has 10 heteroatoms. The van der Waals surface area contributed by atoms with Gasteiger partial charge in [-0.1, -0.05) is 25.2 Å². The smallest absolute Gasteiger partial charge is 0.381 e. The summed E-state index contributed by atoms with van der Waals surface area (Å²) in [6, 6.07) is 0. The molecule has 0 aliphatic carbocycles. The molecule has 1 unspecified atom stereocenters. The fourth-order valence-electron chi connectivity index (χ4n) is 1.43. The summed E-state index contributed by atoms with van der Waals surface area (Å²) in [7, 11) is 0. The van der Waals surface area contributed by atoms with Crippen LogP contribution in [0, 0.1) is 11.8 Å². The number of alkyl halides is 9. The number of hydrogen-bond acceptors (Lipinski definition) is 1. The highest BCUT2D eigenvalue weighted by molar-refractivity contribution is 5.32. The summed E-state index contributed by atoms with van der Waals surface area (Å²) >= 11 is 0. The van der Waals surface area contributed by atoms with Crippen LogP contribution < -0.4 is 0 Å². The summed E-state index contributed by atoms with van der Waals surface area (Å²) in [4.78, 5) is 0. The highest BCUT2D eigenvalue weighted by Crippen LogP contribution is 2.53. The molecule has 1 N–H and O–H groups in total. The van der Waals surface area contributed by atoms with Gasteiger partial charge in [-0.15, -0.1) is 0 Å². The Balaban J connectivity index is 5.93. The molecular formula is C14H15F9O. The second-order valence-electron chi connectivity index (χ2n) is 4.99. The molecular weight excluding hydrogens is 355 g/mol. The summed E-state index contributed by atoms with van der Waals surface area (Å²) < 4.78 is 115. The highest BCUT2D eigenvalue weighted by atomic mass is 19.4. The average Bonchev–Trinajstić information content (AvgIpc) is 2.39. The van der Waals surface area contributed by atoms with E-state index >= 15 is 0 Å². The summed E-state index contributed by atoms with van der Waals surface area (Å²) in [5.74, 6) is -15.6. The van der Waals surface area contributed by atoms with Crippen LogP contribution in [0.1, 0.15) is 33.1 Å². The van der Waals surface area contributed by atoms with Crippen LogP contribution >= 0.6 is 0 Å². The fourth-order valence-corrected chi connectivity index (χ4v) is 1.43. The molecule has 0 heterocycles. The van der Waals surface area contributed by atoms with E-state index in [1.54, 1.807) is 6.92 Å². The van der Waals surface area contributed by atoms with Crippen LogP contribution in [0.3, 0.4) is 0 Å². The maximum Gasteiger partial charge on any atom is 0.460 e. The molecule has 0 saturated heterocycles. The zero-order chi connectivity index (χ0) is 19.4. The minimum Gasteiger partial charge on any atom is -0.381 e. The van der Waals surface area contributed by atoms with Crippen molar-refractivity contribution < 1.29 is 44.6 Å². The number of rotatable bonds is 6. The standard InChI is InChI=1S/C14H15F9O/c1-3-4-5-10(7-6-9(2)24)8-11(15,16)12(17,18)13(19,20)14(21,22)23/h8-9,24H,3-5H2,1-2H3/b10-8+. The molecule has 0 aliphatic rings. The van der Waals surface area contributed by atoms with Crippen LogP contribution in [0.5, 0.6) is 0 Å². The van der Waals surface area contributed by atoms with Gasteiger partial charge in [-0.3, -0.25) is 0 Å². The van der Waals surface area contributed by atoms with Crippen molar-refractivity contribution in [1.29, 1.82) is 0 Å². The van der Waals surface area contributed by atoms with Crippen molar-refractivity contribution in [3.63, 3.8) is 0 Å². The van der Waals surface area contributed by atoms with Gasteiger partial charge in [0.25, 0.3) is 0 Å². The Kier molecular flexibility index (Phi) is 7.24. The molecule has 0 aromatic carbocycles. The fraction of sp³-hybridized carbons (Fsp3) is 0.714. The molecule has 0 bridgehead atoms. The first kappa shape index (κ1) is 22.6. The molecule has 1 atom stereocenters. The van der Waals surface area contributed by atoms with Crippen molar-refractivity contribution in [2.24, 2.45) is 0 Å². The Bertz CT molecular complexity index is 507. The van der Waals surface area contributed by atoms with E-state index in [2.05, 4.69) is 0 Å². The normalized spacial score (nSPS) is 15.8. The number of halogens is 9. The van der Waals surface area contributed by atoms with Gasteiger partial charge in [0.05, 0.1) is 0 Å². The third kappa shape index (κ3) is 5.06. The van der Waals surface area contributed by atoms with Crippen LogP contribution in [0.4, 0.5) is 39.5 Å². The van der Waals surface area contributed by atoms with E-state index in [1.807, 2.05) is 11.8 Å². The van der Waals surface area contributed by atoms with E-state index in [0.29, 0.717) is 6.42 Å². The molecule has 0 aromatic heterocycles. The Morgan fingerprint density at radius 3 is 1.88 bits per heavy atom. The lowest BCUT2D eigenvalue weighted by atomic mass is 9.99. The second kappa shape index (κ2) is 7.68. The van der Waals surface area contributed by atoms with E-state index in [0.717, 1.165) is 6.92 Å². The van der Waals surface area contributed by atoms with Crippen molar-refractivity contribution >= 4 is 0 Å². The van der Waals surface area contributed by atoms with Crippen molar-refractivity contribution in [3.8, 4) is 11.8 Å². The minimum absolute atomic E-state index is 0.150. The number of aliphatic hydroxyl groups excluding tert-OH is 1. The first-order valence-corrected chi connectivity index (χ1v) is 6.71. The van der Waals surface area contributed by atoms with Gasteiger partial charge in [-0.2, -0.15) is 39.5 Å². The van der Waals surface area contributed by atoms with Gasteiger partial charge in [-0.25, -0.2) is 0 Å². The van der Waals surface area contributed by atoms with E-state index in [1.165, 1.54) is 0 Å². The Hall–Kier alpha value is -1.37. The predicted octanol–water partition coefficient (Wildman–Crippen LogP) is 4.96. The van der Waals surface area contributed by atoms with Crippen LogP contribution in [0.2, 0.25) is 0 Å². The Morgan fingerprint density at radius 1 is 1.00 bits per heavy atom. The first-order chi connectivity index (χ1) is 10.6. The highest BCUT2D eigenvalue weighted by Gasteiger charge is 2.81. The van der Waals surface area contributed by atoms with Gasteiger partial charge >= 0.3 is 23.9 Å². The molecule has 140 valence electrons. The molecule has 0 amide bonds. The van der Waals surface area contributed by atoms with Crippen LogP contribution in [-0.4, -0.2) is 35.2 Å². The summed E-state index contributed by atoms with van der Waals surface area (Å²) in [5, 5.41) is 8.92. The number of hydrogen-bond donors (Lipinski definition) is 1. The van der Waals surface area contributed by atoms with Crippen molar-refractivity contribution in [2.75, 3.05) is 0 Å². The lowest BCUT2D eigenvalue weighted by Crippen LogP contribution is -2.60. The van der Waals surface area contributed by atoms with Crippen molar-refractivity contribution in [3.05, 3.63) is 11.6 Å². The third-order valence-corrected chi connectivity index (χ3v) is 2.77. The summed E-state index contributed by atoms with van der Waals surface area (Å²) in [5.41, 5.74) is -0.764. The Labute approximate surface area is 132 Å². The van der Waals surface area contributed by atoms with E-state index < -0.39 is 41.7 Å². The molecule has 1 nitrogen and oxygen atoms in total. The van der Waals surface area contributed by atoms with Crippen LogP contribution in [-0.2, 0) is 0 Å². The molecule has 0 fully saturated rings. The third-order valence-electron chi connectivity index (χ3n) is 2.77. The maximum atomic E-state index is 13.5. The average molecular weight is 370 g/mol. The zero-order valence-electron chi connectivity index (χ0n) is 12.6. The molecule has 0 aromatic rings. The SMILES string of the molecule is CCCC/C(C#CC(C)O)=C\C(F)(F)C(F)(F)C(F)(F)C(F)(F)F. The molecule has 0 saturated carbocycles. The Morgan fingerprint density at radius 2 is 1.50 bits per heavy atom. The lowest BCUT2D eigenvalue weighted by molar-refractivity contribution is -0.388. The number of aliphatic hydroxyl groups is 1. The predicted molar refractivity (Wildman–Crippen MR) is 68.0 cm³/mol. The van der Waals surface area contributed by atoms with Gasteiger partial charge < -0.3 is 5.11 Å². The zero-order valence-corrected chi connectivity index (χ0v) is 12.6. The topological polar surface area (TPSA) is 20.2 Å². The van der Waals surface area contributed by atoms with Gasteiger partial charge in [0, 0.05) is 11.6 Å². The number of unbranched alkanes of at least 4 members (excludes halogenated alkanes) is 1. The molecule has 0 spiro atoms. The first-order valence-electron chi connectivity index (χ1n) is 6.71. The van der Waals surface area contributed by atoms with E-state index in [4.69, 9.17) is 5.11 Å². The maximum absolute atomic E-state index is 13.5.